The number of rotatable bonds is 1. The van der Waals surface area contributed by atoms with Gasteiger partial charge in [0.2, 0.25) is 0 Å². The molecule has 1 heteroatoms. The van der Waals surface area contributed by atoms with E-state index < -0.39 is 0 Å². The van der Waals surface area contributed by atoms with Crippen LogP contribution in [-0.2, 0) is 6.42 Å². The number of fused-ring (bicyclic) bond motifs is 1. The summed E-state index contributed by atoms with van der Waals surface area (Å²) in [7, 11) is 0. The fraction of sp³-hybridized carbons (Fsp3) is 0.500. The lowest BCUT2D eigenvalue weighted by atomic mass is 9.92. The fourth-order valence-electron chi connectivity index (χ4n) is 2.39. The van der Waals surface area contributed by atoms with Gasteiger partial charge >= 0.3 is 0 Å². The molecule has 2 aliphatic rings. The van der Waals surface area contributed by atoms with Gasteiger partial charge in [-0.1, -0.05) is 24.3 Å². The lowest BCUT2D eigenvalue weighted by Gasteiger charge is -2.26. The van der Waals surface area contributed by atoms with Crippen molar-refractivity contribution in [3.8, 4) is 0 Å². The zero-order valence-electron chi connectivity index (χ0n) is 7.79. The number of hydrogen-bond donors (Lipinski definition) is 1. The minimum Gasteiger partial charge on any atom is -0.309 e. The number of benzene rings is 1. The van der Waals surface area contributed by atoms with Crippen LogP contribution in [0.1, 0.15) is 30.0 Å². The summed E-state index contributed by atoms with van der Waals surface area (Å²) in [4.78, 5) is 0. The molecule has 1 N–H and O–H groups in total. The van der Waals surface area contributed by atoms with Gasteiger partial charge in [0.1, 0.15) is 0 Å². The molecular formula is C12H15N. The van der Waals surface area contributed by atoms with Gasteiger partial charge in [-0.3, -0.25) is 0 Å². The van der Waals surface area contributed by atoms with Crippen LogP contribution in [0.5, 0.6) is 0 Å². The average Bonchev–Trinajstić information content (AvgIpc) is 3.00. The van der Waals surface area contributed by atoms with Gasteiger partial charge in [-0.15, -0.1) is 0 Å². The molecule has 0 unspecified atom stereocenters. The Morgan fingerprint density at radius 2 is 2.00 bits per heavy atom. The highest BCUT2D eigenvalue weighted by Crippen LogP contribution is 2.42. The smallest absolute Gasteiger partial charge is 0.0351 e. The summed E-state index contributed by atoms with van der Waals surface area (Å²) in [5.74, 6) is 0.932. The molecule has 1 aliphatic carbocycles. The van der Waals surface area contributed by atoms with Crippen LogP contribution in [-0.4, -0.2) is 6.54 Å². The topological polar surface area (TPSA) is 12.0 Å². The van der Waals surface area contributed by atoms with E-state index in [2.05, 4.69) is 29.6 Å². The van der Waals surface area contributed by atoms with Crippen LogP contribution in [0.15, 0.2) is 24.3 Å². The second-order valence-corrected chi connectivity index (χ2v) is 4.22. The normalized spacial score (nSPS) is 26.9. The molecule has 0 saturated heterocycles. The van der Waals surface area contributed by atoms with Gasteiger partial charge in [-0.2, -0.15) is 0 Å². The zero-order valence-corrected chi connectivity index (χ0v) is 7.79. The van der Waals surface area contributed by atoms with Crippen LogP contribution in [0.25, 0.3) is 0 Å². The highest BCUT2D eigenvalue weighted by atomic mass is 14.9. The predicted octanol–water partition coefficient (Wildman–Crippen LogP) is 2.28. The molecule has 1 aliphatic heterocycles. The molecule has 68 valence electrons. The van der Waals surface area contributed by atoms with Crippen LogP contribution in [0.3, 0.4) is 0 Å². The van der Waals surface area contributed by atoms with Crippen LogP contribution in [0, 0.1) is 5.92 Å². The van der Waals surface area contributed by atoms with Gasteiger partial charge in [0.25, 0.3) is 0 Å². The summed E-state index contributed by atoms with van der Waals surface area (Å²) in [5.41, 5.74) is 3.13. The van der Waals surface area contributed by atoms with Crippen molar-refractivity contribution in [2.45, 2.75) is 25.3 Å². The first-order valence-electron chi connectivity index (χ1n) is 5.26. The molecule has 3 rings (SSSR count). The Labute approximate surface area is 79.2 Å². The molecule has 0 spiro atoms. The fourth-order valence-corrected chi connectivity index (χ4v) is 2.39. The van der Waals surface area contributed by atoms with Crippen molar-refractivity contribution in [1.29, 1.82) is 0 Å². The monoisotopic (exact) mass is 173 g/mol. The maximum Gasteiger partial charge on any atom is 0.0351 e. The summed E-state index contributed by atoms with van der Waals surface area (Å²) in [6.07, 6.45) is 4.05. The largest absolute Gasteiger partial charge is 0.309 e. The Bertz CT molecular complexity index is 315. The second kappa shape index (κ2) is 2.85. The standard InChI is InChI=1S/C12H15N/c1-2-4-11-9(3-1)7-8-13-12(11)10-5-6-10/h1-4,10,12-13H,5-8H2/t12-/m0/s1. The van der Waals surface area contributed by atoms with Crippen molar-refractivity contribution in [3.05, 3.63) is 35.4 Å². The van der Waals surface area contributed by atoms with E-state index in [1.165, 1.54) is 19.3 Å². The maximum absolute atomic E-state index is 3.64. The average molecular weight is 173 g/mol. The molecule has 13 heavy (non-hydrogen) atoms. The molecule has 0 amide bonds. The highest BCUT2D eigenvalue weighted by Gasteiger charge is 2.34. The van der Waals surface area contributed by atoms with E-state index in [0.717, 1.165) is 12.5 Å². The Morgan fingerprint density at radius 1 is 1.15 bits per heavy atom. The molecule has 1 nitrogen and oxygen atoms in total. The van der Waals surface area contributed by atoms with Gasteiger partial charge in [-0.25, -0.2) is 0 Å². The highest BCUT2D eigenvalue weighted by molar-refractivity contribution is 5.33. The first-order valence-corrected chi connectivity index (χ1v) is 5.26. The van der Waals surface area contributed by atoms with E-state index >= 15 is 0 Å². The molecule has 0 aromatic heterocycles. The molecule has 1 aromatic carbocycles. The van der Waals surface area contributed by atoms with Crippen molar-refractivity contribution < 1.29 is 0 Å². The number of hydrogen-bond acceptors (Lipinski definition) is 1. The minimum atomic E-state index is 0.671. The van der Waals surface area contributed by atoms with Crippen LogP contribution in [0.4, 0.5) is 0 Å². The summed E-state index contributed by atoms with van der Waals surface area (Å²) >= 11 is 0. The zero-order chi connectivity index (χ0) is 8.67. The van der Waals surface area contributed by atoms with Crippen molar-refractivity contribution in [2.24, 2.45) is 5.92 Å². The van der Waals surface area contributed by atoms with E-state index in [0.29, 0.717) is 6.04 Å². The summed E-state index contributed by atoms with van der Waals surface area (Å²) < 4.78 is 0. The van der Waals surface area contributed by atoms with E-state index in [-0.39, 0.29) is 0 Å². The molecule has 1 atom stereocenters. The molecular weight excluding hydrogens is 158 g/mol. The SMILES string of the molecule is c1ccc2c(c1)CCN[C@H]2C1CC1. The third kappa shape index (κ3) is 1.28. The lowest BCUT2D eigenvalue weighted by molar-refractivity contribution is 0.458. The first-order chi connectivity index (χ1) is 6.45. The first kappa shape index (κ1) is 7.57. The third-order valence-electron chi connectivity index (χ3n) is 3.24. The molecule has 1 fully saturated rings. The molecule has 1 heterocycles. The Balaban J connectivity index is 2.00. The van der Waals surface area contributed by atoms with E-state index in [4.69, 9.17) is 0 Å². The summed E-state index contributed by atoms with van der Waals surface area (Å²) in [6.45, 7) is 1.16. The van der Waals surface area contributed by atoms with Gasteiger partial charge in [-0.05, 0) is 42.9 Å². The van der Waals surface area contributed by atoms with Crippen molar-refractivity contribution in [1.82, 2.24) is 5.32 Å². The van der Waals surface area contributed by atoms with Gasteiger partial charge in [0, 0.05) is 6.04 Å². The van der Waals surface area contributed by atoms with Gasteiger partial charge in [0.05, 0.1) is 0 Å². The summed E-state index contributed by atoms with van der Waals surface area (Å²) in [5, 5.41) is 3.64. The van der Waals surface area contributed by atoms with E-state index in [1.807, 2.05) is 0 Å². The lowest BCUT2D eigenvalue weighted by Crippen LogP contribution is -2.30. The van der Waals surface area contributed by atoms with Crippen LogP contribution >= 0.6 is 0 Å². The molecule has 0 radical (unpaired) electrons. The van der Waals surface area contributed by atoms with Crippen LogP contribution < -0.4 is 5.32 Å². The third-order valence-corrected chi connectivity index (χ3v) is 3.24. The van der Waals surface area contributed by atoms with Gasteiger partial charge in [0.15, 0.2) is 0 Å². The van der Waals surface area contributed by atoms with E-state index in [9.17, 15) is 0 Å². The Morgan fingerprint density at radius 3 is 2.85 bits per heavy atom. The Hall–Kier alpha value is -0.820. The minimum absolute atomic E-state index is 0.671. The van der Waals surface area contributed by atoms with Crippen molar-refractivity contribution in [3.63, 3.8) is 0 Å². The van der Waals surface area contributed by atoms with E-state index in [1.54, 1.807) is 11.1 Å². The van der Waals surface area contributed by atoms with Crippen molar-refractivity contribution >= 4 is 0 Å². The van der Waals surface area contributed by atoms with Crippen molar-refractivity contribution in [2.75, 3.05) is 6.54 Å². The summed E-state index contributed by atoms with van der Waals surface area (Å²) in [6, 6.07) is 9.58. The second-order valence-electron chi connectivity index (χ2n) is 4.22. The molecule has 1 aromatic rings. The van der Waals surface area contributed by atoms with Crippen LogP contribution in [0.2, 0.25) is 0 Å². The van der Waals surface area contributed by atoms with Gasteiger partial charge < -0.3 is 5.32 Å². The number of nitrogens with one attached hydrogen (secondary N) is 1. The predicted molar refractivity (Wildman–Crippen MR) is 53.6 cm³/mol. The maximum atomic E-state index is 3.64. The quantitative estimate of drug-likeness (QED) is 0.687. The molecule has 1 saturated carbocycles. The molecule has 0 bridgehead atoms. The Kier molecular flexibility index (Phi) is 1.66.